The monoisotopic (exact) mass is 173 g/mol. The van der Waals surface area contributed by atoms with Gasteiger partial charge >= 0.3 is 6.18 Å². The molecule has 12 heavy (non-hydrogen) atoms. The van der Waals surface area contributed by atoms with Gasteiger partial charge < -0.3 is 0 Å². The van der Waals surface area contributed by atoms with Crippen molar-refractivity contribution in [1.29, 1.82) is 0 Å². The lowest BCUT2D eigenvalue weighted by molar-refractivity contribution is -0.137. The highest BCUT2D eigenvalue weighted by Gasteiger charge is 2.31. The van der Waals surface area contributed by atoms with Crippen LogP contribution in [-0.4, -0.2) is 0 Å². The van der Waals surface area contributed by atoms with E-state index >= 15 is 0 Å². The summed E-state index contributed by atoms with van der Waals surface area (Å²) in [7, 11) is 0. The number of hydrogen-bond acceptors (Lipinski definition) is 0. The van der Waals surface area contributed by atoms with Crippen molar-refractivity contribution in [2.75, 3.05) is 0 Å². The van der Waals surface area contributed by atoms with E-state index in [1.807, 2.05) is 0 Å². The van der Waals surface area contributed by atoms with E-state index in [0.29, 0.717) is 0 Å². The molecule has 0 aliphatic heterocycles. The van der Waals surface area contributed by atoms with Crippen LogP contribution in [0.15, 0.2) is 24.3 Å². The highest BCUT2D eigenvalue weighted by Crippen LogP contribution is 2.29. The summed E-state index contributed by atoms with van der Waals surface area (Å²) in [6, 6.07) is 5.05. The highest BCUT2D eigenvalue weighted by molar-refractivity contribution is 5.28. The van der Waals surface area contributed by atoms with Crippen LogP contribution in [0.4, 0.5) is 13.2 Å². The van der Waals surface area contributed by atoms with Crippen LogP contribution in [0.3, 0.4) is 0 Å². The average Bonchev–Trinajstić information content (AvgIpc) is 2.03. The number of halogens is 3. The zero-order chi connectivity index (χ0) is 9.19. The Kier molecular flexibility index (Phi) is 2.31. The van der Waals surface area contributed by atoms with E-state index in [1.165, 1.54) is 12.1 Å². The molecular formula is C9H8F3+. The zero-order valence-corrected chi connectivity index (χ0v) is 6.52. The number of benzene rings is 1. The summed E-state index contributed by atoms with van der Waals surface area (Å²) in [6.07, 6.45) is -2.48. The van der Waals surface area contributed by atoms with Crippen LogP contribution in [0.25, 0.3) is 0 Å². The molecule has 1 aromatic carbocycles. The van der Waals surface area contributed by atoms with Gasteiger partial charge in [0.1, 0.15) is 5.56 Å². The van der Waals surface area contributed by atoms with E-state index in [0.717, 1.165) is 17.7 Å². The van der Waals surface area contributed by atoms with Crippen molar-refractivity contribution >= 4 is 0 Å². The summed E-state index contributed by atoms with van der Waals surface area (Å²) in [5.74, 6) is 0. The van der Waals surface area contributed by atoms with Crippen LogP contribution in [0.2, 0.25) is 0 Å². The molecule has 0 aliphatic carbocycles. The molecule has 0 heterocycles. The Morgan fingerprint density at radius 3 is 1.92 bits per heavy atom. The second kappa shape index (κ2) is 3.09. The molecular weight excluding hydrogens is 165 g/mol. The molecule has 0 saturated carbocycles. The summed E-state index contributed by atoms with van der Waals surface area (Å²) >= 11 is 0. The van der Waals surface area contributed by atoms with Crippen LogP contribution >= 0.6 is 0 Å². The maximum Gasteiger partial charge on any atom is 0.418 e. The minimum atomic E-state index is -4.23. The third-order valence-electron chi connectivity index (χ3n) is 1.57. The fourth-order valence-corrected chi connectivity index (χ4v) is 0.865. The fourth-order valence-electron chi connectivity index (χ4n) is 0.865. The predicted molar refractivity (Wildman–Crippen MR) is 40.5 cm³/mol. The molecule has 0 unspecified atom stereocenters. The lowest BCUT2D eigenvalue weighted by atomic mass is 10.1. The largest absolute Gasteiger partial charge is 0.418 e. The van der Waals surface area contributed by atoms with Gasteiger partial charge in [0.25, 0.3) is 0 Å². The first-order valence-corrected chi connectivity index (χ1v) is 3.50. The smallest absolute Gasteiger partial charge is 0.166 e. The average molecular weight is 173 g/mol. The Labute approximate surface area is 69.0 Å². The zero-order valence-electron chi connectivity index (χ0n) is 6.52. The maximum atomic E-state index is 12.0. The molecule has 0 atom stereocenters. The van der Waals surface area contributed by atoms with Crippen LogP contribution in [-0.2, 0) is 6.18 Å². The van der Waals surface area contributed by atoms with E-state index < -0.39 is 11.7 Å². The van der Waals surface area contributed by atoms with Crippen LogP contribution in [0, 0.1) is 6.42 Å². The summed E-state index contributed by atoms with van der Waals surface area (Å²) in [5.41, 5.74) is 0.191. The van der Waals surface area contributed by atoms with Gasteiger partial charge in [-0.3, -0.25) is 0 Å². The van der Waals surface area contributed by atoms with Crippen molar-refractivity contribution in [3.63, 3.8) is 0 Å². The van der Waals surface area contributed by atoms with Gasteiger partial charge in [-0.15, -0.1) is 0 Å². The quantitative estimate of drug-likeness (QED) is 0.571. The Morgan fingerprint density at radius 1 is 1.08 bits per heavy atom. The first kappa shape index (κ1) is 8.97. The molecule has 0 aliphatic rings. The van der Waals surface area contributed by atoms with Gasteiger partial charge in [-0.05, 0) is 0 Å². The van der Waals surface area contributed by atoms with E-state index in [1.54, 1.807) is 13.3 Å². The Morgan fingerprint density at radius 2 is 1.58 bits per heavy atom. The van der Waals surface area contributed by atoms with Gasteiger partial charge in [0.05, 0.1) is 5.56 Å². The number of rotatable bonds is 1. The summed E-state index contributed by atoms with van der Waals surface area (Å²) in [5, 5.41) is 0. The van der Waals surface area contributed by atoms with Crippen molar-refractivity contribution in [2.45, 2.75) is 13.1 Å². The van der Waals surface area contributed by atoms with E-state index in [-0.39, 0.29) is 0 Å². The molecule has 0 nitrogen and oxygen atoms in total. The minimum absolute atomic E-state index is 0.604. The topological polar surface area (TPSA) is 0 Å². The van der Waals surface area contributed by atoms with Gasteiger partial charge in [0.15, 0.2) is 0 Å². The maximum absolute atomic E-state index is 12.0. The van der Waals surface area contributed by atoms with Gasteiger partial charge in [-0.25, -0.2) is 0 Å². The van der Waals surface area contributed by atoms with Gasteiger partial charge in [-0.1, -0.05) is 0 Å². The van der Waals surface area contributed by atoms with Crippen molar-refractivity contribution in [3.8, 4) is 0 Å². The van der Waals surface area contributed by atoms with E-state index in [2.05, 4.69) is 0 Å². The second-order valence-corrected chi connectivity index (χ2v) is 2.41. The molecule has 0 aromatic heterocycles. The van der Waals surface area contributed by atoms with Crippen molar-refractivity contribution < 1.29 is 13.2 Å². The Balaban J connectivity index is 2.93. The van der Waals surface area contributed by atoms with Crippen molar-refractivity contribution in [1.82, 2.24) is 0 Å². The SMILES string of the molecule is C[CH+]c1ccc(C(F)(F)F)cc1. The predicted octanol–water partition coefficient (Wildman–Crippen LogP) is 3.28. The van der Waals surface area contributed by atoms with Crippen molar-refractivity contribution in [2.24, 2.45) is 0 Å². The lowest BCUT2D eigenvalue weighted by Gasteiger charge is -2.02. The van der Waals surface area contributed by atoms with E-state index in [4.69, 9.17) is 0 Å². The third kappa shape index (κ3) is 1.94. The number of alkyl halides is 3. The van der Waals surface area contributed by atoms with Crippen molar-refractivity contribution in [3.05, 3.63) is 41.8 Å². The molecule has 1 aromatic rings. The molecule has 0 bridgehead atoms. The van der Waals surface area contributed by atoms with Crippen LogP contribution in [0.1, 0.15) is 18.1 Å². The molecule has 0 amide bonds. The molecule has 0 saturated heterocycles. The molecule has 0 fully saturated rings. The molecule has 64 valence electrons. The second-order valence-electron chi connectivity index (χ2n) is 2.41. The molecule has 0 spiro atoms. The van der Waals surface area contributed by atoms with Crippen LogP contribution < -0.4 is 0 Å². The van der Waals surface area contributed by atoms with E-state index in [9.17, 15) is 13.2 Å². The summed E-state index contributed by atoms with van der Waals surface area (Å²) in [4.78, 5) is 0. The lowest BCUT2D eigenvalue weighted by Crippen LogP contribution is -2.04. The molecule has 1 rings (SSSR count). The third-order valence-corrected chi connectivity index (χ3v) is 1.57. The molecule has 0 radical (unpaired) electrons. The molecule has 0 N–H and O–H groups in total. The van der Waals surface area contributed by atoms with Crippen LogP contribution in [0.5, 0.6) is 0 Å². The first-order chi connectivity index (χ1) is 5.54. The minimum Gasteiger partial charge on any atom is -0.166 e. The molecule has 3 heteroatoms. The summed E-state index contributed by atoms with van der Waals surface area (Å²) in [6.45, 7) is 1.78. The fraction of sp³-hybridized carbons (Fsp3) is 0.222. The van der Waals surface area contributed by atoms with Gasteiger partial charge in [0, 0.05) is 37.6 Å². The number of hydrogen-bond donors (Lipinski definition) is 0. The van der Waals surface area contributed by atoms with Gasteiger partial charge in [0.2, 0.25) is 0 Å². The Bertz CT molecular complexity index is 245. The first-order valence-electron chi connectivity index (χ1n) is 3.50. The standard InChI is InChI=1S/C9H8F3/c1-2-7-3-5-8(6-4-7)9(10,11)12/h2-6H,1H3/q+1. The van der Waals surface area contributed by atoms with Gasteiger partial charge in [-0.2, -0.15) is 13.2 Å². The highest BCUT2D eigenvalue weighted by atomic mass is 19.4. The summed E-state index contributed by atoms with van der Waals surface area (Å²) < 4.78 is 36.0. The Hall–Kier alpha value is -1.12. The normalized spacial score (nSPS) is 11.3.